The molecular weight excluding hydrogens is 396 g/mol. The highest BCUT2D eigenvalue weighted by atomic mass is 32.2. The average molecular weight is 415 g/mol. The van der Waals surface area contributed by atoms with E-state index in [1.165, 1.54) is 11.0 Å². The third kappa shape index (κ3) is 4.71. The summed E-state index contributed by atoms with van der Waals surface area (Å²) in [6.45, 7) is 0.171. The average Bonchev–Trinajstić information content (AvgIpc) is 2.95. The Morgan fingerprint density at radius 2 is 1.96 bits per heavy atom. The third-order valence-electron chi connectivity index (χ3n) is 4.03. The van der Waals surface area contributed by atoms with Gasteiger partial charge in [-0.3, -0.25) is 14.5 Å². The topological polar surface area (TPSA) is 78.9 Å². The van der Waals surface area contributed by atoms with Gasteiger partial charge < -0.3 is 15.2 Å². The smallest absolute Gasteiger partial charge is 0.291 e. The Kier molecular flexibility index (Phi) is 6.33. The van der Waals surface area contributed by atoms with E-state index in [2.05, 4.69) is 5.32 Å². The van der Waals surface area contributed by atoms with Gasteiger partial charge in [0.15, 0.2) is 0 Å². The summed E-state index contributed by atoms with van der Waals surface area (Å²) in [6, 6.07) is 13.9. The lowest BCUT2D eigenvalue weighted by molar-refractivity contribution is -0.116. The van der Waals surface area contributed by atoms with Gasteiger partial charge in [-0.05, 0) is 47.7 Å². The van der Waals surface area contributed by atoms with E-state index in [-0.39, 0.29) is 29.9 Å². The molecule has 8 heteroatoms. The molecule has 3 rings (SSSR count). The molecule has 0 aliphatic carbocycles. The minimum absolute atomic E-state index is 0.0103. The molecule has 144 valence electrons. The van der Waals surface area contributed by atoms with Crippen LogP contribution < -0.4 is 10.1 Å². The number of benzene rings is 2. The number of carbonyl (C=O) groups excluding carboxylic acids is 2. The molecule has 2 aromatic carbocycles. The van der Waals surface area contributed by atoms with Crippen molar-refractivity contribution in [2.24, 2.45) is 0 Å². The maximum absolute atomic E-state index is 12.3. The summed E-state index contributed by atoms with van der Waals surface area (Å²) >= 11 is 6.46. The van der Waals surface area contributed by atoms with E-state index in [1.807, 2.05) is 30.3 Å². The summed E-state index contributed by atoms with van der Waals surface area (Å²) in [6.07, 6.45) is 1.91. The van der Waals surface area contributed by atoms with Gasteiger partial charge in [-0.25, -0.2) is 0 Å². The highest BCUT2D eigenvalue weighted by Gasteiger charge is 2.31. The first-order valence-electron chi connectivity index (χ1n) is 8.45. The number of phenolic OH excluding ortho intramolecular Hbond substituents is 1. The molecule has 6 nitrogen and oxygen atoms in total. The fourth-order valence-electron chi connectivity index (χ4n) is 2.55. The molecule has 0 unspecified atom stereocenters. The number of hydrogen-bond donors (Lipinski definition) is 2. The molecule has 28 heavy (non-hydrogen) atoms. The standard InChI is InChI=1S/C20H18N2O4S2/c1-26-14-8-6-13(7-9-14)12-17-19(27)22(20(25)28-17)11-10-18(24)21-15-4-2-3-5-16(15)23/h2-9,12,23H,10-11H2,1H3,(H,21,24). The van der Waals surface area contributed by atoms with Crippen molar-refractivity contribution in [1.82, 2.24) is 4.90 Å². The van der Waals surface area contributed by atoms with Crippen LogP contribution in [0.15, 0.2) is 53.4 Å². The van der Waals surface area contributed by atoms with Crippen molar-refractivity contribution in [2.45, 2.75) is 6.42 Å². The first kappa shape index (κ1) is 19.9. The number of thiocarbonyl (C=S) groups is 1. The number of nitrogens with one attached hydrogen (secondary N) is 1. The Hall–Kier alpha value is -2.84. The number of carbonyl (C=O) groups is 2. The van der Waals surface area contributed by atoms with Gasteiger partial charge >= 0.3 is 0 Å². The monoisotopic (exact) mass is 414 g/mol. The van der Waals surface area contributed by atoms with Gasteiger partial charge in [0.2, 0.25) is 5.91 Å². The van der Waals surface area contributed by atoms with Crippen LogP contribution in [0.4, 0.5) is 10.5 Å². The van der Waals surface area contributed by atoms with Crippen molar-refractivity contribution in [3.63, 3.8) is 0 Å². The molecule has 1 fully saturated rings. The van der Waals surface area contributed by atoms with E-state index in [4.69, 9.17) is 17.0 Å². The highest BCUT2D eigenvalue weighted by molar-refractivity contribution is 8.19. The fourth-order valence-corrected chi connectivity index (χ4v) is 3.84. The Labute approximate surface area is 172 Å². The summed E-state index contributed by atoms with van der Waals surface area (Å²) < 4.78 is 5.13. The van der Waals surface area contributed by atoms with E-state index in [0.717, 1.165) is 23.1 Å². The van der Waals surface area contributed by atoms with Crippen LogP contribution >= 0.6 is 24.0 Å². The van der Waals surface area contributed by atoms with Gasteiger partial charge in [-0.2, -0.15) is 0 Å². The van der Waals surface area contributed by atoms with Gasteiger partial charge in [0.05, 0.1) is 17.7 Å². The molecule has 0 atom stereocenters. The zero-order valence-corrected chi connectivity index (χ0v) is 16.7. The number of ether oxygens (including phenoxy) is 1. The van der Waals surface area contributed by atoms with E-state index < -0.39 is 0 Å². The van der Waals surface area contributed by atoms with E-state index in [0.29, 0.717) is 15.6 Å². The molecule has 1 saturated heterocycles. The first-order valence-corrected chi connectivity index (χ1v) is 9.67. The van der Waals surface area contributed by atoms with Gasteiger partial charge in [-0.1, -0.05) is 36.5 Å². The number of phenols is 1. The van der Waals surface area contributed by atoms with Crippen LogP contribution in [0, 0.1) is 0 Å². The molecule has 1 aliphatic rings. The predicted octanol–water partition coefficient (Wildman–Crippen LogP) is 4.27. The van der Waals surface area contributed by atoms with Crippen LogP contribution in [0.2, 0.25) is 0 Å². The zero-order valence-electron chi connectivity index (χ0n) is 15.0. The van der Waals surface area contributed by atoms with Gasteiger partial charge in [0.25, 0.3) is 5.24 Å². The van der Waals surface area contributed by atoms with Crippen molar-refractivity contribution in [3.8, 4) is 11.5 Å². The quantitative estimate of drug-likeness (QED) is 0.418. The summed E-state index contributed by atoms with van der Waals surface area (Å²) in [4.78, 5) is 26.9. The Morgan fingerprint density at radius 1 is 1.25 bits per heavy atom. The zero-order chi connectivity index (χ0) is 20.1. The number of amides is 2. The van der Waals surface area contributed by atoms with E-state index >= 15 is 0 Å². The van der Waals surface area contributed by atoms with Crippen LogP contribution in [0.1, 0.15) is 12.0 Å². The van der Waals surface area contributed by atoms with Crippen LogP contribution in [0.3, 0.4) is 0 Å². The van der Waals surface area contributed by atoms with Crippen molar-refractivity contribution >= 4 is 51.9 Å². The lowest BCUT2D eigenvalue weighted by atomic mass is 10.2. The molecule has 0 spiro atoms. The highest BCUT2D eigenvalue weighted by Crippen LogP contribution is 2.33. The van der Waals surface area contributed by atoms with Crippen molar-refractivity contribution in [2.75, 3.05) is 19.0 Å². The fraction of sp³-hybridized carbons (Fsp3) is 0.150. The first-order chi connectivity index (χ1) is 13.5. The maximum Gasteiger partial charge on any atom is 0.291 e. The molecule has 0 radical (unpaired) electrons. The molecular formula is C20H18N2O4S2. The number of anilines is 1. The summed E-state index contributed by atoms with van der Waals surface area (Å²) in [7, 11) is 1.60. The second kappa shape index (κ2) is 8.90. The predicted molar refractivity (Wildman–Crippen MR) is 115 cm³/mol. The van der Waals surface area contributed by atoms with Crippen molar-refractivity contribution < 1.29 is 19.4 Å². The minimum Gasteiger partial charge on any atom is -0.506 e. The summed E-state index contributed by atoms with van der Waals surface area (Å²) in [5, 5.41) is 12.1. The molecule has 0 aromatic heterocycles. The molecule has 2 amide bonds. The summed E-state index contributed by atoms with van der Waals surface area (Å²) in [5.41, 5.74) is 1.23. The number of hydrogen-bond acceptors (Lipinski definition) is 6. The lowest BCUT2D eigenvalue weighted by Gasteiger charge is -2.14. The SMILES string of the molecule is COc1ccc(C=C2SC(=O)N(CCC(=O)Nc3ccccc3O)C2=S)cc1. The number of rotatable bonds is 6. The van der Waals surface area contributed by atoms with Crippen molar-refractivity contribution in [3.05, 3.63) is 59.0 Å². The lowest BCUT2D eigenvalue weighted by Crippen LogP contribution is -2.30. The van der Waals surface area contributed by atoms with Crippen LogP contribution in [-0.2, 0) is 4.79 Å². The molecule has 1 aliphatic heterocycles. The van der Waals surface area contributed by atoms with E-state index in [1.54, 1.807) is 25.3 Å². The molecule has 0 saturated carbocycles. The van der Waals surface area contributed by atoms with Crippen LogP contribution in [0.25, 0.3) is 6.08 Å². The second-order valence-electron chi connectivity index (χ2n) is 5.92. The molecule has 0 bridgehead atoms. The molecule has 1 heterocycles. The molecule has 2 aromatic rings. The number of nitrogens with zero attached hydrogens (tertiary/aromatic N) is 1. The minimum atomic E-state index is -0.310. The maximum atomic E-state index is 12.3. The van der Waals surface area contributed by atoms with Gasteiger partial charge in [0.1, 0.15) is 16.5 Å². The molecule has 2 N–H and O–H groups in total. The number of thioether (sulfide) groups is 1. The second-order valence-corrected chi connectivity index (χ2v) is 7.30. The van der Waals surface area contributed by atoms with Crippen LogP contribution in [-0.4, -0.2) is 39.8 Å². The normalized spacial score (nSPS) is 15.2. The Morgan fingerprint density at radius 3 is 2.64 bits per heavy atom. The third-order valence-corrected chi connectivity index (χ3v) is 5.52. The van der Waals surface area contributed by atoms with E-state index in [9.17, 15) is 14.7 Å². The Balaban J connectivity index is 1.61. The number of aromatic hydroxyl groups is 1. The van der Waals surface area contributed by atoms with Crippen LogP contribution in [0.5, 0.6) is 11.5 Å². The van der Waals surface area contributed by atoms with Gasteiger partial charge in [0, 0.05) is 13.0 Å². The largest absolute Gasteiger partial charge is 0.506 e. The van der Waals surface area contributed by atoms with Gasteiger partial charge in [-0.15, -0.1) is 0 Å². The van der Waals surface area contributed by atoms with Crippen molar-refractivity contribution in [1.29, 1.82) is 0 Å². The Bertz CT molecular complexity index is 941. The number of para-hydroxylation sites is 2. The number of methoxy groups -OCH3 is 1. The summed E-state index contributed by atoms with van der Waals surface area (Å²) in [5.74, 6) is 0.426.